The number of nitrogens with one attached hydrogen (secondary N) is 3. The Hall–Kier alpha value is -3.10. The van der Waals surface area contributed by atoms with Gasteiger partial charge in [-0.25, -0.2) is 14.6 Å². The van der Waals surface area contributed by atoms with Crippen molar-refractivity contribution in [3.8, 4) is 0 Å². The van der Waals surface area contributed by atoms with Gasteiger partial charge in [-0.2, -0.15) is 0 Å². The minimum absolute atomic E-state index is 0.131. The van der Waals surface area contributed by atoms with Gasteiger partial charge in [-0.1, -0.05) is 0 Å². The highest BCUT2D eigenvalue weighted by Gasteiger charge is 2.27. The second-order valence-corrected chi connectivity index (χ2v) is 6.41. The molecule has 4 N–H and O–H groups in total. The van der Waals surface area contributed by atoms with E-state index in [1.165, 1.54) is 12.3 Å². The van der Waals surface area contributed by atoms with Gasteiger partial charge in [-0.15, -0.1) is 0 Å². The normalized spacial score (nSPS) is 17.1. The molecule has 1 atom stereocenters. The zero-order valence-electron chi connectivity index (χ0n) is 14.1. The van der Waals surface area contributed by atoms with E-state index in [-0.39, 0.29) is 6.54 Å². The molecule has 0 fully saturated rings. The van der Waals surface area contributed by atoms with E-state index in [1.807, 2.05) is 0 Å². The number of carbonyl (C=O) groups excluding carboxylic acids is 2. The van der Waals surface area contributed by atoms with Crippen LogP contribution in [0.2, 0.25) is 0 Å². The Labute approximate surface area is 144 Å². The lowest BCUT2D eigenvalue weighted by Gasteiger charge is -2.22. The van der Waals surface area contributed by atoms with Crippen LogP contribution >= 0.6 is 0 Å². The lowest BCUT2D eigenvalue weighted by atomic mass is 10.2. The van der Waals surface area contributed by atoms with E-state index < -0.39 is 29.6 Å². The molecule has 0 bridgehead atoms. The van der Waals surface area contributed by atoms with E-state index in [1.54, 1.807) is 26.8 Å². The second-order valence-electron chi connectivity index (χ2n) is 6.41. The summed E-state index contributed by atoms with van der Waals surface area (Å²) >= 11 is 0. The Balaban J connectivity index is 2.09. The van der Waals surface area contributed by atoms with Crippen LogP contribution in [-0.4, -0.2) is 46.2 Å². The molecule has 1 aliphatic heterocycles. The summed E-state index contributed by atoms with van der Waals surface area (Å²) in [5.41, 5.74) is 0.407. The molecule has 0 radical (unpaired) electrons. The van der Waals surface area contributed by atoms with Gasteiger partial charge < -0.3 is 25.8 Å². The lowest BCUT2D eigenvalue weighted by Crippen LogP contribution is -2.48. The first kappa shape index (κ1) is 18.2. The maximum atomic E-state index is 12.2. The van der Waals surface area contributed by atoms with Gasteiger partial charge in [0.25, 0.3) is 0 Å². The van der Waals surface area contributed by atoms with Gasteiger partial charge in [0.1, 0.15) is 11.6 Å². The molecular weight excluding hydrogens is 328 g/mol. The molecule has 2 heterocycles. The molecule has 9 nitrogen and oxygen atoms in total. The van der Waals surface area contributed by atoms with E-state index >= 15 is 0 Å². The summed E-state index contributed by atoms with van der Waals surface area (Å²) in [6.07, 6.45) is 3.12. The molecule has 2 amide bonds. The van der Waals surface area contributed by atoms with Crippen molar-refractivity contribution in [2.24, 2.45) is 0 Å². The fourth-order valence-electron chi connectivity index (χ4n) is 2.05. The molecule has 2 rings (SSSR count). The molecule has 134 valence electrons. The number of aromatic nitrogens is 1. The SMILES string of the molecule is CC(C)(C)OC(=O)N[C@H]1CNc2cc(/C=C/C(=O)O)cnc2NC1=O. The molecule has 0 spiro atoms. The minimum atomic E-state index is -1.07. The zero-order chi connectivity index (χ0) is 18.6. The first-order chi connectivity index (χ1) is 11.6. The van der Waals surface area contributed by atoms with Gasteiger partial charge in [0, 0.05) is 18.8 Å². The van der Waals surface area contributed by atoms with Gasteiger partial charge in [-0.3, -0.25) is 4.79 Å². The quantitative estimate of drug-likeness (QED) is 0.608. The average molecular weight is 348 g/mol. The number of aliphatic carboxylic acids is 1. The van der Waals surface area contributed by atoms with E-state index in [2.05, 4.69) is 20.9 Å². The summed E-state index contributed by atoms with van der Waals surface area (Å²) in [7, 11) is 0. The van der Waals surface area contributed by atoms with Gasteiger partial charge in [0.05, 0.1) is 5.69 Å². The van der Waals surface area contributed by atoms with Crippen molar-refractivity contribution in [3.05, 3.63) is 23.9 Å². The van der Waals surface area contributed by atoms with Crippen LogP contribution in [0.25, 0.3) is 6.08 Å². The molecule has 1 aliphatic rings. The number of hydrogen-bond donors (Lipinski definition) is 4. The number of amides is 2. The Kier molecular flexibility index (Phi) is 5.26. The molecule has 25 heavy (non-hydrogen) atoms. The second kappa shape index (κ2) is 7.20. The van der Waals surface area contributed by atoms with E-state index in [0.717, 1.165) is 6.08 Å². The van der Waals surface area contributed by atoms with Crippen molar-refractivity contribution in [2.75, 3.05) is 17.2 Å². The monoisotopic (exact) mass is 348 g/mol. The van der Waals surface area contributed by atoms with Crippen molar-refractivity contribution in [1.82, 2.24) is 10.3 Å². The first-order valence-electron chi connectivity index (χ1n) is 7.59. The van der Waals surface area contributed by atoms with Crippen LogP contribution in [0.5, 0.6) is 0 Å². The van der Waals surface area contributed by atoms with E-state index in [9.17, 15) is 14.4 Å². The molecule has 0 aliphatic carbocycles. The highest BCUT2D eigenvalue weighted by molar-refractivity contribution is 6.00. The highest BCUT2D eigenvalue weighted by atomic mass is 16.6. The van der Waals surface area contributed by atoms with Crippen molar-refractivity contribution >= 4 is 35.6 Å². The largest absolute Gasteiger partial charge is 0.478 e. The van der Waals surface area contributed by atoms with Crippen LogP contribution in [-0.2, 0) is 14.3 Å². The van der Waals surface area contributed by atoms with Crippen molar-refractivity contribution in [2.45, 2.75) is 32.4 Å². The van der Waals surface area contributed by atoms with E-state index in [4.69, 9.17) is 9.84 Å². The predicted octanol–water partition coefficient (Wildman–Crippen LogP) is 1.44. The zero-order valence-corrected chi connectivity index (χ0v) is 14.1. The van der Waals surface area contributed by atoms with Crippen molar-refractivity contribution in [3.63, 3.8) is 0 Å². The number of pyridine rings is 1. The molecule has 0 saturated heterocycles. The minimum Gasteiger partial charge on any atom is -0.478 e. The third-order valence-electron chi connectivity index (χ3n) is 3.07. The van der Waals surface area contributed by atoms with Crippen LogP contribution in [0.4, 0.5) is 16.3 Å². The third-order valence-corrected chi connectivity index (χ3v) is 3.07. The summed E-state index contributed by atoms with van der Waals surface area (Å²) in [5, 5.41) is 16.8. The van der Waals surface area contributed by atoms with Gasteiger partial charge in [-0.05, 0) is 38.5 Å². The number of nitrogens with zero attached hydrogens (tertiary/aromatic N) is 1. The number of carboxylic acid groups (broad SMARTS) is 1. The van der Waals surface area contributed by atoms with Crippen LogP contribution in [0.1, 0.15) is 26.3 Å². The van der Waals surface area contributed by atoms with Crippen molar-refractivity contribution < 1.29 is 24.2 Å². The lowest BCUT2D eigenvalue weighted by molar-refractivity contribution is -0.131. The summed E-state index contributed by atoms with van der Waals surface area (Å²) < 4.78 is 5.14. The number of fused-ring (bicyclic) bond motifs is 1. The van der Waals surface area contributed by atoms with Gasteiger partial charge in [0.15, 0.2) is 5.82 Å². The summed E-state index contributed by atoms with van der Waals surface area (Å²) in [5.74, 6) is -1.21. The van der Waals surface area contributed by atoms with Gasteiger partial charge in [0.2, 0.25) is 5.91 Å². The molecule has 0 saturated carbocycles. The average Bonchev–Trinajstić information content (AvgIpc) is 2.62. The molecule has 9 heteroatoms. The Morgan fingerprint density at radius 2 is 2.16 bits per heavy atom. The topological polar surface area (TPSA) is 130 Å². The first-order valence-corrected chi connectivity index (χ1v) is 7.59. The molecule has 1 aromatic rings. The van der Waals surface area contributed by atoms with Crippen LogP contribution < -0.4 is 16.0 Å². The van der Waals surface area contributed by atoms with Crippen LogP contribution in [0.15, 0.2) is 18.3 Å². The maximum absolute atomic E-state index is 12.2. The summed E-state index contributed by atoms with van der Waals surface area (Å²) in [4.78, 5) is 38.7. The Bertz CT molecular complexity index is 724. The highest BCUT2D eigenvalue weighted by Crippen LogP contribution is 2.23. The summed E-state index contributed by atoms with van der Waals surface area (Å²) in [6, 6.07) is 0.805. The fourth-order valence-corrected chi connectivity index (χ4v) is 2.05. The number of rotatable bonds is 3. The fraction of sp³-hybridized carbons (Fsp3) is 0.375. The number of hydrogen-bond acceptors (Lipinski definition) is 6. The van der Waals surface area contributed by atoms with Crippen LogP contribution in [0.3, 0.4) is 0 Å². The van der Waals surface area contributed by atoms with Crippen LogP contribution in [0, 0.1) is 0 Å². The maximum Gasteiger partial charge on any atom is 0.408 e. The molecular formula is C16H20N4O5. The molecule has 0 aromatic carbocycles. The van der Waals surface area contributed by atoms with Gasteiger partial charge >= 0.3 is 12.1 Å². The predicted molar refractivity (Wildman–Crippen MR) is 91.2 cm³/mol. The smallest absolute Gasteiger partial charge is 0.408 e. The van der Waals surface area contributed by atoms with E-state index in [0.29, 0.717) is 17.1 Å². The number of carbonyl (C=O) groups is 3. The molecule has 0 unspecified atom stereocenters. The number of carboxylic acids is 1. The molecule has 1 aromatic heterocycles. The Morgan fingerprint density at radius 1 is 1.44 bits per heavy atom. The Morgan fingerprint density at radius 3 is 2.80 bits per heavy atom. The standard InChI is InChI=1S/C16H20N4O5/c1-16(2,3)25-15(24)19-11-8-17-10-6-9(4-5-12(21)22)7-18-13(10)20-14(11)23/h4-7,11,17H,8H2,1-3H3,(H,19,24)(H,21,22)(H,18,20,23)/b5-4+/t11-/m0/s1. The number of alkyl carbamates (subject to hydrolysis) is 1. The number of anilines is 2. The summed E-state index contributed by atoms with van der Waals surface area (Å²) in [6.45, 7) is 5.31. The number of ether oxygens (including phenoxy) is 1. The third kappa shape index (κ3) is 5.48. The van der Waals surface area contributed by atoms with Crippen molar-refractivity contribution in [1.29, 1.82) is 0 Å².